The Morgan fingerprint density at radius 1 is 1.22 bits per heavy atom. The monoisotopic (exact) mass is 244 g/mol. The minimum absolute atomic E-state index is 0.456. The molecule has 0 radical (unpaired) electrons. The Labute approximate surface area is 106 Å². The van der Waals surface area contributed by atoms with Gasteiger partial charge >= 0.3 is 0 Å². The van der Waals surface area contributed by atoms with Gasteiger partial charge in [-0.1, -0.05) is 24.3 Å². The molecule has 5 nitrogen and oxygen atoms in total. The fourth-order valence-electron chi connectivity index (χ4n) is 1.68. The number of ether oxygens (including phenoxy) is 1. The van der Waals surface area contributed by atoms with Crippen molar-refractivity contribution in [1.29, 1.82) is 0 Å². The molecule has 0 saturated heterocycles. The van der Waals surface area contributed by atoms with Gasteiger partial charge in [0.2, 0.25) is 0 Å². The number of nitrogen functional groups attached to an aromatic ring is 1. The van der Waals surface area contributed by atoms with E-state index in [0.29, 0.717) is 19.0 Å². The van der Waals surface area contributed by atoms with Crippen molar-refractivity contribution < 1.29 is 4.74 Å². The Hall–Kier alpha value is -2.14. The Balaban J connectivity index is 2.06. The summed E-state index contributed by atoms with van der Waals surface area (Å²) >= 11 is 0. The standard InChI is InChI=1S/C13H16N4O/c1-18-8-11-5-3-2-4-10(11)7-15-13-6-12(14)16-9-17-13/h2-6,9H,7-8H2,1H3,(H3,14,15,16,17). The van der Waals surface area contributed by atoms with Crippen molar-refractivity contribution in [2.24, 2.45) is 0 Å². The van der Waals surface area contributed by atoms with Crippen LogP contribution in [0, 0.1) is 0 Å². The Morgan fingerprint density at radius 3 is 2.72 bits per heavy atom. The molecule has 0 saturated carbocycles. The van der Waals surface area contributed by atoms with Gasteiger partial charge in [-0.05, 0) is 11.1 Å². The lowest BCUT2D eigenvalue weighted by Crippen LogP contribution is -2.05. The normalized spacial score (nSPS) is 10.3. The Kier molecular flexibility index (Phi) is 4.09. The van der Waals surface area contributed by atoms with E-state index in [1.54, 1.807) is 13.2 Å². The van der Waals surface area contributed by atoms with Gasteiger partial charge in [0.1, 0.15) is 18.0 Å². The molecule has 94 valence electrons. The zero-order valence-corrected chi connectivity index (χ0v) is 10.3. The molecule has 3 N–H and O–H groups in total. The van der Waals surface area contributed by atoms with Crippen LogP contribution in [-0.4, -0.2) is 17.1 Å². The van der Waals surface area contributed by atoms with E-state index in [-0.39, 0.29) is 0 Å². The van der Waals surface area contributed by atoms with E-state index in [1.165, 1.54) is 11.9 Å². The second-order valence-corrected chi connectivity index (χ2v) is 3.88. The van der Waals surface area contributed by atoms with Gasteiger partial charge < -0.3 is 15.8 Å². The van der Waals surface area contributed by atoms with Crippen molar-refractivity contribution in [2.45, 2.75) is 13.2 Å². The molecule has 1 heterocycles. The van der Waals surface area contributed by atoms with Crippen LogP contribution in [0.2, 0.25) is 0 Å². The third-order valence-electron chi connectivity index (χ3n) is 2.57. The fraction of sp³-hybridized carbons (Fsp3) is 0.231. The molecule has 2 aromatic rings. The van der Waals surface area contributed by atoms with Crippen LogP contribution in [0.4, 0.5) is 11.6 Å². The van der Waals surface area contributed by atoms with Crippen LogP contribution in [0.15, 0.2) is 36.7 Å². The van der Waals surface area contributed by atoms with E-state index < -0.39 is 0 Å². The van der Waals surface area contributed by atoms with Gasteiger partial charge in [-0.2, -0.15) is 0 Å². The number of methoxy groups -OCH3 is 1. The van der Waals surface area contributed by atoms with Gasteiger partial charge in [0, 0.05) is 19.7 Å². The molecule has 0 amide bonds. The quantitative estimate of drug-likeness (QED) is 0.839. The molecular weight excluding hydrogens is 228 g/mol. The summed E-state index contributed by atoms with van der Waals surface area (Å²) in [6.07, 6.45) is 1.44. The van der Waals surface area contributed by atoms with Crippen molar-refractivity contribution >= 4 is 11.6 Å². The van der Waals surface area contributed by atoms with E-state index in [2.05, 4.69) is 27.4 Å². The summed E-state index contributed by atoms with van der Waals surface area (Å²) in [4.78, 5) is 7.95. The number of aromatic nitrogens is 2. The minimum Gasteiger partial charge on any atom is -0.384 e. The van der Waals surface area contributed by atoms with Gasteiger partial charge in [-0.15, -0.1) is 0 Å². The Morgan fingerprint density at radius 2 is 2.00 bits per heavy atom. The zero-order valence-electron chi connectivity index (χ0n) is 10.3. The lowest BCUT2D eigenvalue weighted by molar-refractivity contribution is 0.184. The highest BCUT2D eigenvalue weighted by atomic mass is 16.5. The third-order valence-corrected chi connectivity index (χ3v) is 2.57. The smallest absolute Gasteiger partial charge is 0.131 e. The molecule has 1 aromatic carbocycles. The van der Waals surface area contributed by atoms with E-state index in [4.69, 9.17) is 10.5 Å². The number of nitrogens with zero attached hydrogens (tertiary/aromatic N) is 2. The number of rotatable bonds is 5. The molecule has 0 fully saturated rings. The maximum atomic E-state index is 5.59. The average molecular weight is 244 g/mol. The SMILES string of the molecule is COCc1ccccc1CNc1cc(N)ncn1. The van der Waals surface area contributed by atoms with Gasteiger partial charge in [0.05, 0.1) is 6.61 Å². The maximum Gasteiger partial charge on any atom is 0.131 e. The predicted octanol–water partition coefficient (Wildman–Crippen LogP) is 1.82. The highest BCUT2D eigenvalue weighted by Gasteiger charge is 2.02. The van der Waals surface area contributed by atoms with Crippen molar-refractivity contribution in [2.75, 3.05) is 18.2 Å². The highest BCUT2D eigenvalue weighted by molar-refractivity contribution is 5.44. The van der Waals surface area contributed by atoms with Gasteiger partial charge in [0.15, 0.2) is 0 Å². The molecule has 1 aromatic heterocycles. The molecule has 0 spiro atoms. The van der Waals surface area contributed by atoms with Crippen LogP contribution in [-0.2, 0) is 17.9 Å². The molecule has 0 aliphatic carbocycles. The number of benzene rings is 1. The average Bonchev–Trinajstić information content (AvgIpc) is 2.38. The first kappa shape index (κ1) is 12.3. The maximum absolute atomic E-state index is 5.59. The van der Waals surface area contributed by atoms with Crippen molar-refractivity contribution in [1.82, 2.24) is 9.97 Å². The molecule has 2 rings (SSSR count). The second-order valence-electron chi connectivity index (χ2n) is 3.88. The van der Waals surface area contributed by atoms with Gasteiger partial charge in [0.25, 0.3) is 0 Å². The lowest BCUT2D eigenvalue weighted by Gasteiger charge is -2.10. The predicted molar refractivity (Wildman–Crippen MR) is 70.9 cm³/mol. The van der Waals surface area contributed by atoms with Crippen LogP contribution in [0.25, 0.3) is 0 Å². The van der Waals surface area contributed by atoms with Crippen LogP contribution >= 0.6 is 0 Å². The summed E-state index contributed by atoms with van der Waals surface area (Å²) in [6, 6.07) is 9.82. The number of nitrogens with two attached hydrogens (primary N) is 1. The largest absolute Gasteiger partial charge is 0.384 e. The van der Waals surface area contributed by atoms with Gasteiger partial charge in [-0.25, -0.2) is 9.97 Å². The second kappa shape index (κ2) is 5.97. The topological polar surface area (TPSA) is 73.1 Å². The summed E-state index contributed by atoms with van der Waals surface area (Å²) in [5, 5.41) is 3.21. The summed E-state index contributed by atoms with van der Waals surface area (Å²) in [6.45, 7) is 1.28. The molecule has 0 aliphatic rings. The van der Waals surface area contributed by atoms with Gasteiger partial charge in [-0.3, -0.25) is 0 Å². The first-order chi connectivity index (χ1) is 8.79. The van der Waals surface area contributed by atoms with Crippen LogP contribution in [0.5, 0.6) is 0 Å². The van der Waals surface area contributed by atoms with Crippen LogP contribution in [0.3, 0.4) is 0 Å². The molecule has 0 aliphatic heterocycles. The zero-order chi connectivity index (χ0) is 12.8. The van der Waals surface area contributed by atoms with Crippen LogP contribution in [0.1, 0.15) is 11.1 Å². The summed E-state index contributed by atoms with van der Waals surface area (Å²) in [5.41, 5.74) is 7.93. The summed E-state index contributed by atoms with van der Waals surface area (Å²) in [7, 11) is 1.69. The number of anilines is 2. The first-order valence-electron chi connectivity index (χ1n) is 5.66. The fourth-order valence-corrected chi connectivity index (χ4v) is 1.68. The van der Waals surface area contributed by atoms with Crippen molar-refractivity contribution in [3.63, 3.8) is 0 Å². The molecular formula is C13H16N4O. The molecule has 0 bridgehead atoms. The van der Waals surface area contributed by atoms with E-state index in [1.807, 2.05) is 12.1 Å². The lowest BCUT2D eigenvalue weighted by atomic mass is 10.1. The number of hydrogen-bond acceptors (Lipinski definition) is 5. The molecule has 18 heavy (non-hydrogen) atoms. The number of hydrogen-bond donors (Lipinski definition) is 2. The van der Waals surface area contributed by atoms with E-state index >= 15 is 0 Å². The Bertz CT molecular complexity index is 516. The molecule has 5 heteroatoms. The van der Waals surface area contributed by atoms with E-state index in [0.717, 1.165) is 11.4 Å². The summed E-state index contributed by atoms with van der Waals surface area (Å²) in [5.74, 6) is 1.17. The van der Waals surface area contributed by atoms with Crippen molar-refractivity contribution in [3.05, 3.63) is 47.8 Å². The van der Waals surface area contributed by atoms with Crippen LogP contribution < -0.4 is 11.1 Å². The van der Waals surface area contributed by atoms with Crippen molar-refractivity contribution in [3.8, 4) is 0 Å². The number of nitrogens with one attached hydrogen (secondary N) is 1. The molecule has 0 unspecified atom stereocenters. The highest BCUT2D eigenvalue weighted by Crippen LogP contribution is 2.12. The minimum atomic E-state index is 0.456. The third kappa shape index (κ3) is 3.18. The first-order valence-corrected chi connectivity index (χ1v) is 5.66. The molecule has 0 atom stereocenters. The van der Waals surface area contributed by atoms with E-state index in [9.17, 15) is 0 Å². The summed E-state index contributed by atoms with van der Waals surface area (Å²) < 4.78 is 5.17.